The third kappa shape index (κ3) is 8.51. The lowest BCUT2D eigenvalue weighted by atomic mass is 9.89. The Balaban J connectivity index is 0.00000341. The van der Waals surface area contributed by atoms with Crippen LogP contribution in [0.25, 0.3) is 0 Å². The van der Waals surface area contributed by atoms with Gasteiger partial charge >= 0.3 is 0 Å². The molecular formula is C24H41IN4O2. The van der Waals surface area contributed by atoms with Gasteiger partial charge < -0.3 is 25.0 Å². The summed E-state index contributed by atoms with van der Waals surface area (Å²) in [7, 11) is 1.77. The minimum absolute atomic E-state index is 0. The molecule has 0 amide bonds. The molecule has 2 aliphatic heterocycles. The van der Waals surface area contributed by atoms with Gasteiger partial charge in [-0.2, -0.15) is 0 Å². The van der Waals surface area contributed by atoms with Crippen LogP contribution < -0.4 is 10.6 Å². The molecule has 2 saturated heterocycles. The van der Waals surface area contributed by atoms with Gasteiger partial charge in [0.25, 0.3) is 0 Å². The van der Waals surface area contributed by atoms with Gasteiger partial charge in [-0.25, -0.2) is 0 Å². The van der Waals surface area contributed by atoms with Crippen LogP contribution in [0.3, 0.4) is 0 Å². The number of nitrogens with zero attached hydrogens (tertiary/aromatic N) is 2. The maximum atomic E-state index is 6.18. The highest BCUT2D eigenvalue weighted by atomic mass is 127. The van der Waals surface area contributed by atoms with E-state index in [1.165, 1.54) is 17.5 Å². The largest absolute Gasteiger partial charge is 0.383 e. The van der Waals surface area contributed by atoms with Crippen LogP contribution in [0.5, 0.6) is 0 Å². The lowest BCUT2D eigenvalue weighted by Crippen LogP contribution is -2.49. The molecule has 0 bridgehead atoms. The molecule has 2 heterocycles. The molecule has 0 aromatic heterocycles. The Hall–Kier alpha value is -0.900. The van der Waals surface area contributed by atoms with E-state index in [2.05, 4.69) is 53.6 Å². The lowest BCUT2D eigenvalue weighted by Gasteiger charge is -2.33. The lowest BCUT2D eigenvalue weighted by molar-refractivity contribution is -0.0250. The zero-order chi connectivity index (χ0) is 21.2. The summed E-state index contributed by atoms with van der Waals surface area (Å²) in [6.07, 6.45) is 4.72. The zero-order valence-corrected chi connectivity index (χ0v) is 21.8. The molecule has 0 radical (unpaired) electrons. The fourth-order valence-corrected chi connectivity index (χ4v) is 4.40. The van der Waals surface area contributed by atoms with E-state index in [9.17, 15) is 0 Å². The molecule has 2 N–H and O–H groups in total. The predicted molar refractivity (Wildman–Crippen MR) is 138 cm³/mol. The van der Waals surface area contributed by atoms with E-state index in [4.69, 9.17) is 14.5 Å². The first kappa shape index (κ1) is 26.4. The summed E-state index contributed by atoms with van der Waals surface area (Å²) in [4.78, 5) is 7.46. The monoisotopic (exact) mass is 544 g/mol. The molecule has 0 spiro atoms. The van der Waals surface area contributed by atoms with E-state index < -0.39 is 0 Å². The number of hydrogen-bond donors (Lipinski definition) is 2. The van der Waals surface area contributed by atoms with E-state index in [1.807, 2.05) is 0 Å². The Morgan fingerprint density at radius 1 is 1.19 bits per heavy atom. The minimum Gasteiger partial charge on any atom is -0.383 e. The second-order valence-electron chi connectivity index (χ2n) is 8.58. The van der Waals surface area contributed by atoms with Crippen LogP contribution in [-0.4, -0.2) is 69.9 Å². The Kier molecular flexibility index (Phi) is 12.1. The van der Waals surface area contributed by atoms with Crippen molar-refractivity contribution in [1.82, 2.24) is 15.5 Å². The van der Waals surface area contributed by atoms with E-state index >= 15 is 0 Å². The third-order valence-corrected chi connectivity index (χ3v) is 6.22. The quantitative estimate of drug-likeness (QED) is 0.297. The number of ether oxygens (including phenoxy) is 2. The van der Waals surface area contributed by atoms with Gasteiger partial charge in [-0.3, -0.25) is 4.99 Å². The molecular weight excluding hydrogens is 503 g/mol. The number of aryl methyl sites for hydroxylation is 1. The first-order valence-electron chi connectivity index (χ1n) is 11.6. The van der Waals surface area contributed by atoms with E-state index in [-0.39, 0.29) is 30.1 Å². The molecule has 2 unspecified atom stereocenters. The zero-order valence-electron chi connectivity index (χ0n) is 19.4. The number of piperidine rings is 1. The van der Waals surface area contributed by atoms with Crippen molar-refractivity contribution >= 4 is 29.9 Å². The molecule has 2 fully saturated rings. The molecule has 1 aromatic carbocycles. The van der Waals surface area contributed by atoms with Gasteiger partial charge in [0.05, 0.1) is 12.7 Å². The topological polar surface area (TPSA) is 58.1 Å². The van der Waals surface area contributed by atoms with Gasteiger partial charge in [0.1, 0.15) is 0 Å². The van der Waals surface area contributed by atoms with Crippen molar-refractivity contribution in [1.29, 1.82) is 0 Å². The molecule has 0 saturated carbocycles. The Morgan fingerprint density at radius 3 is 2.61 bits per heavy atom. The van der Waals surface area contributed by atoms with Gasteiger partial charge in [-0.05, 0) is 45.1 Å². The maximum absolute atomic E-state index is 6.18. The average molecular weight is 545 g/mol. The maximum Gasteiger partial charge on any atom is 0.191 e. The number of guanidine groups is 1. The molecule has 3 rings (SSSR count). The van der Waals surface area contributed by atoms with Gasteiger partial charge in [0, 0.05) is 58.4 Å². The van der Waals surface area contributed by atoms with Crippen LogP contribution in [0, 0.1) is 12.8 Å². The second kappa shape index (κ2) is 14.3. The Bertz CT molecular complexity index is 647. The molecule has 2 aliphatic rings. The van der Waals surface area contributed by atoms with Crippen LogP contribution in [-0.2, 0) is 9.47 Å². The number of aliphatic imine (C=N–C) groups is 1. The van der Waals surface area contributed by atoms with E-state index in [0.29, 0.717) is 12.0 Å². The second-order valence-corrected chi connectivity index (χ2v) is 8.58. The third-order valence-electron chi connectivity index (χ3n) is 6.22. The van der Waals surface area contributed by atoms with Crippen molar-refractivity contribution in [2.45, 2.75) is 51.7 Å². The number of methoxy groups -OCH3 is 1. The summed E-state index contributed by atoms with van der Waals surface area (Å²) in [6, 6.07) is 9.26. The fraction of sp³-hybridized carbons (Fsp3) is 0.708. The number of rotatable bonds is 8. The summed E-state index contributed by atoms with van der Waals surface area (Å²) in [6.45, 7) is 10.8. The van der Waals surface area contributed by atoms with Crippen molar-refractivity contribution in [2.24, 2.45) is 10.9 Å². The van der Waals surface area contributed by atoms with Crippen molar-refractivity contribution < 1.29 is 9.47 Å². The average Bonchev–Trinajstić information content (AvgIpc) is 2.78. The number of halogens is 1. The molecule has 0 aliphatic carbocycles. The smallest absolute Gasteiger partial charge is 0.191 e. The molecule has 31 heavy (non-hydrogen) atoms. The summed E-state index contributed by atoms with van der Waals surface area (Å²) >= 11 is 0. The summed E-state index contributed by atoms with van der Waals surface area (Å²) in [5, 5.41) is 7.12. The van der Waals surface area contributed by atoms with Crippen LogP contribution in [0.1, 0.15) is 49.8 Å². The summed E-state index contributed by atoms with van der Waals surface area (Å²) in [5.41, 5.74) is 2.57. The van der Waals surface area contributed by atoms with Gasteiger partial charge in [0.15, 0.2) is 5.96 Å². The van der Waals surface area contributed by atoms with E-state index in [1.54, 1.807) is 7.11 Å². The van der Waals surface area contributed by atoms with Gasteiger partial charge in [0.2, 0.25) is 0 Å². The van der Waals surface area contributed by atoms with Crippen LogP contribution in [0.2, 0.25) is 0 Å². The van der Waals surface area contributed by atoms with Gasteiger partial charge in [-0.1, -0.05) is 29.8 Å². The van der Waals surface area contributed by atoms with E-state index in [0.717, 1.165) is 71.2 Å². The number of hydrogen-bond acceptors (Lipinski definition) is 4. The number of benzene rings is 1. The van der Waals surface area contributed by atoms with Crippen molar-refractivity contribution in [3.05, 3.63) is 35.4 Å². The SMILES string of the molecule is CCNC(=NCC1CCCOC1c1ccc(C)cc1)NC1CCN(CCOC)CC1.I. The highest BCUT2D eigenvalue weighted by molar-refractivity contribution is 14.0. The Morgan fingerprint density at radius 2 is 1.94 bits per heavy atom. The van der Waals surface area contributed by atoms with Gasteiger partial charge in [-0.15, -0.1) is 24.0 Å². The highest BCUT2D eigenvalue weighted by Crippen LogP contribution is 2.34. The molecule has 176 valence electrons. The fourth-order valence-electron chi connectivity index (χ4n) is 4.40. The van der Waals surface area contributed by atoms with Crippen LogP contribution >= 0.6 is 24.0 Å². The van der Waals surface area contributed by atoms with Crippen LogP contribution in [0.15, 0.2) is 29.3 Å². The van der Waals surface area contributed by atoms with Crippen molar-refractivity contribution in [2.75, 3.05) is 53.0 Å². The molecule has 6 nitrogen and oxygen atoms in total. The molecule has 1 aromatic rings. The van der Waals surface area contributed by atoms with Crippen LogP contribution in [0.4, 0.5) is 0 Å². The molecule has 7 heteroatoms. The highest BCUT2D eigenvalue weighted by Gasteiger charge is 2.27. The standard InChI is InChI=1S/C24H40N4O2.HI/c1-4-25-24(27-22-11-13-28(14-12-22)15-17-29-3)26-18-21-6-5-16-30-23(21)20-9-7-19(2)8-10-20;/h7-10,21-23H,4-6,11-18H2,1-3H3,(H2,25,26,27);1H. The minimum atomic E-state index is 0. The first-order chi connectivity index (χ1) is 14.7. The Labute approximate surface area is 205 Å². The first-order valence-corrected chi connectivity index (χ1v) is 11.6. The molecule has 2 atom stereocenters. The summed E-state index contributed by atoms with van der Waals surface area (Å²) in [5.74, 6) is 1.37. The predicted octanol–water partition coefficient (Wildman–Crippen LogP) is 3.75. The van der Waals surface area contributed by atoms with Crippen molar-refractivity contribution in [3.8, 4) is 0 Å². The number of nitrogens with one attached hydrogen (secondary N) is 2. The normalized spacial score (nSPS) is 23.3. The number of likely N-dealkylation sites (tertiary alicyclic amines) is 1. The summed E-state index contributed by atoms with van der Waals surface area (Å²) < 4.78 is 11.4. The van der Waals surface area contributed by atoms with Crippen molar-refractivity contribution in [3.63, 3.8) is 0 Å².